The van der Waals surface area contributed by atoms with E-state index in [1.807, 2.05) is 0 Å². The second-order valence-electron chi connectivity index (χ2n) is 8.45. The molecule has 1 saturated carbocycles. The molecule has 3 fully saturated rings. The monoisotopic (exact) mass is 467 g/mol. The van der Waals surface area contributed by atoms with Crippen molar-refractivity contribution in [3.63, 3.8) is 0 Å². The molecule has 2 aliphatic heterocycles. The van der Waals surface area contributed by atoms with Gasteiger partial charge in [-0.25, -0.2) is 9.97 Å². The van der Waals surface area contributed by atoms with E-state index in [1.165, 1.54) is 0 Å². The van der Waals surface area contributed by atoms with Crippen LogP contribution >= 0.6 is 11.6 Å². The Labute approximate surface area is 187 Å². The van der Waals surface area contributed by atoms with Crippen LogP contribution < -0.4 is 9.64 Å². The Hall–Kier alpha value is -2.62. The average molecular weight is 468 g/mol. The maximum atomic E-state index is 12.9. The summed E-state index contributed by atoms with van der Waals surface area (Å²) < 4.78 is 44.8. The number of carbonyl (C=O) groups is 1. The first-order chi connectivity index (χ1) is 15.3. The van der Waals surface area contributed by atoms with Gasteiger partial charge in [-0.2, -0.15) is 13.2 Å². The molecule has 0 N–H and O–H groups in total. The highest BCUT2D eigenvalue weighted by Crippen LogP contribution is 2.39. The van der Waals surface area contributed by atoms with Crippen molar-refractivity contribution in [2.45, 2.75) is 49.9 Å². The molecule has 3 aliphatic rings. The molecule has 0 bridgehead atoms. The molecule has 11 heteroatoms. The molecule has 0 radical (unpaired) electrons. The molecule has 4 heterocycles. The average Bonchev–Trinajstić information content (AvgIpc) is 3.54. The molecule has 2 unspecified atom stereocenters. The Morgan fingerprint density at radius 3 is 2.56 bits per heavy atom. The molecule has 1 aliphatic carbocycles. The number of alkyl halides is 3. The van der Waals surface area contributed by atoms with Gasteiger partial charge in [0.15, 0.2) is 0 Å². The number of carbonyl (C=O) groups excluding carboxylic acids is 1. The number of rotatable bonds is 4. The molecular formula is C21H21ClF3N5O2. The lowest BCUT2D eigenvalue weighted by Gasteiger charge is -2.27. The second kappa shape index (κ2) is 8.06. The Balaban J connectivity index is 1.28. The summed E-state index contributed by atoms with van der Waals surface area (Å²) in [4.78, 5) is 28.9. The lowest BCUT2D eigenvalue weighted by atomic mass is 10.2. The minimum absolute atomic E-state index is 0.0261. The first kappa shape index (κ1) is 21.2. The van der Waals surface area contributed by atoms with Gasteiger partial charge in [-0.15, -0.1) is 0 Å². The summed E-state index contributed by atoms with van der Waals surface area (Å²) in [6, 6.07) is 0.715. The molecule has 2 saturated heterocycles. The Kier molecular flexibility index (Phi) is 5.35. The molecule has 170 valence electrons. The Bertz CT molecular complexity index is 1020. The van der Waals surface area contributed by atoms with Crippen molar-refractivity contribution < 1.29 is 22.7 Å². The number of aromatic nitrogens is 3. The van der Waals surface area contributed by atoms with E-state index in [0.717, 1.165) is 30.8 Å². The van der Waals surface area contributed by atoms with Crippen molar-refractivity contribution in [2.75, 3.05) is 24.5 Å². The number of hydrogen-bond acceptors (Lipinski definition) is 6. The summed E-state index contributed by atoms with van der Waals surface area (Å²) in [5, 5.41) is -0.0856. The fourth-order valence-corrected chi connectivity index (χ4v) is 4.60. The highest BCUT2D eigenvalue weighted by molar-refractivity contribution is 6.33. The normalized spacial score (nSPS) is 23.8. The van der Waals surface area contributed by atoms with Crippen molar-refractivity contribution in [1.82, 2.24) is 19.9 Å². The number of nitrogens with zero attached hydrogens (tertiary/aromatic N) is 5. The van der Waals surface area contributed by atoms with Crippen LogP contribution in [0.25, 0.3) is 0 Å². The third kappa shape index (κ3) is 4.32. The number of halogens is 4. The van der Waals surface area contributed by atoms with E-state index in [4.69, 9.17) is 16.3 Å². The number of hydrogen-bond donors (Lipinski definition) is 0. The van der Waals surface area contributed by atoms with Crippen molar-refractivity contribution in [1.29, 1.82) is 0 Å². The van der Waals surface area contributed by atoms with Gasteiger partial charge in [-0.05, 0) is 18.9 Å². The van der Waals surface area contributed by atoms with E-state index in [2.05, 4.69) is 15.0 Å². The third-order valence-corrected chi connectivity index (χ3v) is 6.38. The SMILES string of the molecule is O=C1CCN(c2ncc(C(F)(F)F)cc2Cl)CC2CC(Oc3cnc(C4CC4)cn3)CN12. The smallest absolute Gasteiger partial charge is 0.417 e. The van der Waals surface area contributed by atoms with Crippen LogP contribution in [0.4, 0.5) is 19.0 Å². The quantitative estimate of drug-likeness (QED) is 0.683. The summed E-state index contributed by atoms with van der Waals surface area (Å²) in [7, 11) is 0. The number of anilines is 1. The van der Waals surface area contributed by atoms with Crippen LogP contribution in [-0.2, 0) is 11.0 Å². The van der Waals surface area contributed by atoms with E-state index >= 15 is 0 Å². The van der Waals surface area contributed by atoms with Gasteiger partial charge in [0.1, 0.15) is 11.9 Å². The number of amides is 1. The van der Waals surface area contributed by atoms with Crippen molar-refractivity contribution >= 4 is 23.3 Å². The largest absolute Gasteiger partial charge is 0.471 e. The summed E-state index contributed by atoms with van der Waals surface area (Å²) in [6.45, 7) is 1.18. The first-order valence-corrected chi connectivity index (χ1v) is 10.9. The van der Waals surface area contributed by atoms with Gasteiger partial charge < -0.3 is 14.5 Å². The maximum absolute atomic E-state index is 12.9. The Morgan fingerprint density at radius 2 is 1.91 bits per heavy atom. The summed E-state index contributed by atoms with van der Waals surface area (Å²) in [6.07, 6.45) is 2.47. The molecular weight excluding hydrogens is 447 g/mol. The molecule has 0 spiro atoms. The van der Waals surface area contributed by atoms with Crippen LogP contribution in [-0.4, -0.2) is 57.5 Å². The van der Waals surface area contributed by atoms with E-state index in [0.29, 0.717) is 37.9 Å². The second-order valence-corrected chi connectivity index (χ2v) is 8.86. The molecule has 2 atom stereocenters. The molecule has 7 nitrogen and oxygen atoms in total. The van der Waals surface area contributed by atoms with Crippen LogP contribution in [0.15, 0.2) is 24.7 Å². The van der Waals surface area contributed by atoms with Gasteiger partial charge in [0, 0.05) is 38.0 Å². The number of pyridine rings is 1. The predicted molar refractivity (Wildman–Crippen MR) is 110 cm³/mol. The van der Waals surface area contributed by atoms with E-state index in [1.54, 1.807) is 22.2 Å². The number of fused-ring (bicyclic) bond motifs is 1. The predicted octanol–water partition coefficient (Wildman–Crippen LogP) is 3.68. The topological polar surface area (TPSA) is 71.5 Å². The van der Waals surface area contributed by atoms with Crippen molar-refractivity contribution in [2.24, 2.45) is 0 Å². The fraction of sp³-hybridized carbons (Fsp3) is 0.524. The fourth-order valence-electron chi connectivity index (χ4n) is 4.32. The van der Waals surface area contributed by atoms with Gasteiger partial charge in [-0.3, -0.25) is 9.78 Å². The van der Waals surface area contributed by atoms with Gasteiger partial charge in [0.2, 0.25) is 11.8 Å². The van der Waals surface area contributed by atoms with Crippen LogP contribution in [0.1, 0.15) is 42.9 Å². The molecule has 5 rings (SSSR count). The Morgan fingerprint density at radius 1 is 1.09 bits per heavy atom. The third-order valence-electron chi connectivity index (χ3n) is 6.10. The summed E-state index contributed by atoms with van der Waals surface area (Å²) in [5.74, 6) is 1.16. The number of ether oxygens (including phenoxy) is 1. The molecule has 0 aromatic carbocycles. The highest BCUT2D eigenvalue weighted by Gasteiger charge is 2.40. The zero-order chi connectivity index (χ0) is 22.5. The van der Waals surface area contributed by atoms with Crippen LogP contribution in [0, 0.1) is 0 Å². The van der Waals surface area contributed by atoms with Gasteiger partial charge in [-0.1, -0.05) is 11.6 Å². The first-order valence-electron chi connectivity index (χ1n) is 10.5. The van der Waals surface area contributed by atoms with Crippen molar-refractivity contribution in [3.8, 4) is 5.88 Å². The van der Waals surface area contributed by atoms with E-state index in [-0.39, 0.29) is 35.3 Å². The van der Waals surface area contributed by atoms with Crippen LogP contribution in [0.3, 0.4) is 0 Å². The zero-order valence-corrected chi connectivity index (χ0v) is 17.8. The van der Waals surface area contributed by atoms with Gasteiger partial charge in [0.25, 0.3) is 0 Å². The summed E-state index contributed by atoms with van der Waals surface area (Å²) in [5.41, 5.74) is 0.0753. The minimum Gasteiger partial charge on any atom is -0.471 e. The summed E-state index contributed by atoms with van der Waals surface area (Å²) >= 11 is 6.13. The molecule has 2 aromatic rings. The van der Waals surface area contributed by atoms with Gasteiger partial charge in [0.05, 0.1) is 41.3 Å². The van der Waals surface area contributed by atoms with Gasteiger partial charge >= 0.3 is 6.18 Å². The van der Waals surface area contributed by atoms with Crippen molar-refractivity contribution in [3.05, 3.63) is 40.9 Å². The van der Waals surface area contributed by atoms with E-state index in [9.17, 15) is 18.0 Å². The standard InChI is InChI=1S/C21H21ClF3N5O2/c22-16-5-13(21(23,24)25)7-28-20(16)29-4-3-19(31)30-11-15(6-14(30)10-29)32-18-9-26-17(8-27-18)12-1-2-12/h5,7-9,12,14-15H,1-4,6,10-11H2. The molecule has 1 amide bonds. The molecule has 32 heavy (non-hydrogen) atoms. The zero-order valence-electron chi connectivity index (χ0n) is 17.1. The lowest BCUT2D eigenvalue weighted by molar-refractivity contribution is -0.137. The highest BCUT2D eigenvalue weighted by atomic mass is 35.5. The minimum atomic E-state index is -4.52. The van der Waals surface area contributed by atoms with E-state index < -0.39 is 11.7 Å². The lowest BCUT2D eigenvalue weighted by Crippen LogP contribution is -2.39. The van der Waals surface area contributed by atoms with Crippen LogP contribution in [0.2, 0.25) is 5.02 Å². The maximum Gasteiger partial charge on any atom is 0.417 e. The van der Waals surface area contributed by atoms with Crippen LogP contribution in [0.5, 0.6) is 5.88 Å². The molecule has 2 aromatic heterocycles.